The highest BCUT2D eigenvalue weighted by Crippen LogP contribution is 2.29. The van der Waals surface area contributed by atoms with Crippen molar-refractivity contribution in [1.29, 1.82) is 0 Å². The lowest BCUT2D eigenvalue weighted by molar-refractivity contribution is -0.384. The molecule has 132 valence electrons. The van der Waals surface area contributed by atoms with Crippen LogP contribution in [0.1, 0.15) is 15.9 Å². The number of amides is 1. The van der Waals surface area contributed by atoms with Crippen molar-refractivity contribution in [2.24, 2.45) is 0 Å². The smallest absolute Gasteiger partial charge is 0.269 e. The molecule has 1 N–H and O–H groups in total. The summed E-state index contributed by atoms with van der Waals surface area (Å²) < 4.78 is 0.721. The van der Waals surface area contributed by atoms with E-state index in [1.165, 1.54) is 47.4 Å². The molecule has 2 aromatic carbocycles. The highest BCUT2D eigenvalue weighted by molar-refractivity contribution is 8.00. The zero-order chi connectivity index (χ0) is 18.5. The first-order valence-electron chi connectivity index (χ1n) is 7.28. The Morgan fingerprint density at radius 3 is 2.50 bits per heavy atom. The normalized spacial score (nSPS) is 10.5. The fraction of sp³-hybridized carbons (Fsp3) is 0.0625. The van der Waals surface area contributed by atoms with E-state index in [-0.39, 0.29) is 5.69 Å². The Hall–Kier alpha value is -2.49. The van der Waals surface area contributed by atoms with E-state index in [2.05, 4.69) is 15.5 Å². The molecule has 26 heavy (non-hydrogen) atoms. The number of anilines is 1. The second kappa shape index (κ2) is 8.26. The van der Waals surface area contributed by atoms with Gasteiger partial charge in [0.2, 0.25) is 5.13 Å². The van der Waals surface area contributed by atoms with Crippen LogP contribution in [0.2, 0.25) is 5.02 Å². The van der Waals surface area contributed by atoms with Crippen molar-refractivity contribution in [2.75, 3.05) is 5.32 Å². The van der Waals surface area contributed by atoms with Crippen molar-refractivity contribution in [1.82, 2.24) is 10.2 Å². The third-order valence-corrected chi connectivity index (χ3v) is 5.54. The fourth-order valence-electron chi connectivity index (χ4n) is 1.95. The van der Waals surface area contributed by atoms with Crippen molar-refractivity contribution in [3.8, 4) is 0 Å². The minimum atomic E-state index is -0.517. The Morgan fingerprint density at radius 2 is 1.85 bits per heavy atom. The SMILES string of the molecule is O=C(Nc1nnc(SCc2ccc(Cl)cc2)s1)c1ccc([N+](=O)[O-])cc1. The molecule has 0 aliphatic carbocycles. The van der Waals surface area contributed by atoms with Gasteiger partial charge in [0.15, 0.2) is 4.34 Å². The van der Waals surface area contributed by atoms with Crippen molar-refractivity contribution in [3.63, 3.8) is 0 Å². The number of nitro groups is 1. The molecule has 0 saturated heterocycles. The van der Waals surface area contributed by atoms with E-state index < -0.39 is 10.8 Å². The van der Waals surface area contributed by atoms with E-state index >= 15 is 0 Å². The number of aromatic nitrogens is 2. The molecule has 7 nitrogen and oxygen atoms in total. The number of carbonyl (C=O) groups excluding carboxylic acids is 1. The average Bonchev–Trinajstić information content (AvgIpc) is 3.08. The third-order valence-electron chi connectivity index (χ3n) is 3.24. The van der Waals surface area contributed by atoms with Gasteiger partial charge in [0.05, 0.1) is 4.92 Å². The average molecular weight is 407 g/mol. The van der Waals surface area contributed by atoms with Crippen LogP contribution in [0.25, 0.3) is 0 Å². The number of benzene rings is 2. The molecule has 0 atom stereocenters. The van der Waals surface area contributed by atoms with E-state index in [0.717, 1.165) is 9.90 Å². The van der Waals surface area contributed by atoms with E-state index in [4.69, 9.17) is 11.6 Å². The van der Waals surface area contributed by atoms with Crippen LogP contribution in [-0.4, -0.2) is 21.0 Å². The summed E-state index contributed by atoms with van der Waals surface area (Å²) in [5, 5.41) is 22.3. The molecule has 0 spiro atoms. The van der Waals surface area contributed by atoms with Gasteiger partial charge in [-0.1, -0.05) is 46.8 Å². The Bertz CT molecular complexity index is 929. The molecule has 0 fully saturated rings. The third kappa shape index (κ3) is 4.78. The van der Waals surface area contributed by atoms with Crippen LogP contribution in [0.4, 0.5) is 10.8 Å². The minimum Gasteiger partial charge on any atom is -0.296 e. The number of nitrogens with zero attached hydrogens (tertiary/aromatic N) is 3. The van der Waals surface area contributed by atoms with Gasteiger partial charge < -0.3 is 0 Å². The van der Waals surface area contributed by atoms with Gasteiger partial charge in [-0.25, -0.2) is 0 Å². The summed E-state index contributed by atoms with van der Waals surface area (Å²) in [4.78, 5) is 22.3. The van der Waals surface area contributed by atoms with Gasteiger partial charge >= 0.3 is 0 Å². The topological polar surface area (TPSA) is 98.0 Å². The lowest BCUT2D eigenvalue weighted by atomic mass is 10.2. The lowest BCUT2D eigenvalue weighted by Crippen LogP contribution is -2.11. The molecule has 3 aromatic rings. The van der Waals surface area contributed by atoms with Gasteiger partial charge in [0.1, 0.15) is 0 Å². The first kappa shape index (κ1) is 18.3. The van der Waals surface area contributed by atoms with E-state index in [9.17, 15) is 14.9 Å². The van der Waals surface area contributed by atoms with Crippen LogP contribution in [0.3, 0.4) is 0 Å². The summed E-state index contributed by atoms with van der Waals surface area (Å²) in [6, 6.07) is 12.9. The molecular weight excluding hydrogens is 396 g/mol. The molecule has 1 aromatic heterocycles. The van der Waals surface area contributed by atoms with Crippen LogP contribution in [-0.2, 0) is 5.75 Å². The molecule has 0 unspecified atom stereocenters. The molecule has 0 radical (unpaired) electrons. The number of hydrogen-bond acceptors (Lipinski definition) is 7. The molecule has 3 rings (SSSR count). The molecule has 10 heteroatoms. The fourth-order valence-corrected chi connectivity index (χ4v) is 3.78. The lowest BCUT2D eigenvalue weighted by Gasteiger charge is -2.00. The van der Waals surface area contributed by atoms with Crippen LogP contribution >= 0.6 is 34.7 Å². The standard InChI is InChI=1S/C16H11ClN4O3S2/c17-12-5-1-10(2-6-12)9-25-16-20-19-15(26-16)18-14(22)11-3-7-13(8-4-11)21(23)24/h1-8H,9H2,(H,18,19,22). The maximum Gasteiger partial charge on any atom is 0.269 e. The van der Waals surface area contributed by atoms with Gasteiger partial charge in [-0.2, -0.15) is 0 Å². The second-order valence-corrected chi connectivity index (χ2v) is 7.68. The maximum absolute atomic E-state index is 12.2. The summed E-state index contributed by atoms with van der Waals surface area (Å²) >= 11 is 8.62. The number of nitrogens with one attached hydrogen (secondary N) is 1. The number of carbonyl (C=O) groups is 1. The maximum atomic E-state index is 12.2. The summed E-state index contributed by atoms with van der Waals surface area (Å²) in [5.41, 5.74) is 1.34. The first-order valence-corrected chi connectivity index (χ1v) is 9.46. The van der Waals surface area contributed by atoms with E-state index in [1.54, 1.807) is 0 Å². The minimum absolute atomic E-state index is 0.0710. The predicted octanol–water partition coefficient (Wildman–Crippen LogP) is 4.64. The van der Waals surface area contributed by atoms with Crippen molar-refractivity contribution >= 4 is 51.4 Å². The van der Waals surface area contributed by atoms with Gasteiger partial charge in [-0.3, -0.25) is 20.2 Å². The number of nitro benzene ring substituents is 1. The molecule has 0 saturated carbocycles. The van der Waals surface area contributed by atoms with E-state index in [1.807, 2.05) is 24.3 Å². The summed E-state index contributed by atoms with van der Waals surface area (Å²) in [6.45, 7) is 0. The molecular formula is C16H11ClN4O3S2. The summed E-state index contributed by atoms with van der Waals surface area (Å²) in [7, 11) is 0. The van der Waals surface area contributed by atoms with E-state index in [0.29, 0.717) is 21.5 Å². The van der Waals surface area contributed by atoms with Crippen LogP contribution in [0, 0.1) is 10.1 Å². The molecule has 1 amide bonds. The molecule has 0 aliphatic rings. The Labute approximate surface area is 161 Å². The quantitative estimate of drug-likeness (QED) is 0.277. The highest BCUT2D eigenvalue weighted by atomic mass is 35.5. The Morgan fingerprint density at radius 1 is 1.15 bits per heavy atom. The summed E-state index contributed by atoms with van der Waals surface area (Å²) in [5.74, 6) is 0.313. The predicted molar refractivity (Wildman–Crippen MR) is 102 cm³/mol. The molecule has 1 heterocycles. The molecule has 0 aliphatic heterocycles. The van der Waals surface area contributed by atoms with Crippen molar-refractivity contribution < 1.29 is 9.72 Å². The first-order chi connectivity index (χ1) is 12.5. The van der Waals surface area contributed by atoms with Crippen molar-refractivity contribution in [2.45, 2.75) is 10.1 Å². The highest BCUT2D eigenvalue weighted by Gasteiger charge is 2.12. The Kier molecular flexibility index (Phi) is 5.82. The molecule has 0 bridgehead atoms. The van der Waals surface area contributed by atoms with Gasteiger partial charge in [0.25, 0.3) is 11.6 Å². The van der Waals surface area contributed by atoms with Gasteiger partial charge in [-0.15, -0.1) is 10.2 Å². The number of non-ortho nitro benzene ring substituents is 1. The number of rotatable bonds is 6. The summed E-state index contributed by atoms with van der Waals surface area (Å²) in [6.07, 6.45) is 0. The van der Waals surface area contributed by atoms with Crippen LogP contribution in [0.15, 0.2) is 52.9 Å². The number of hydrogen-bond donors (Lipinski definition) is 1. The zero-order valence-corrected chi connectivity index (χ0v) is 15.5. The largest absolute Gasteiger partial charge is 0.296 e. The van der Waals surface area contributed by atoms with Crippen LogP contribution in [0.5, 0.6) is 0 Å². The monoisotopic (exact) mass is 406 g/mol. The number of halogens is 1. The van der Waals surface area contributed by atoms with Gasteiger partial charge in [0, 0.05) is 28.5 Å². The van der Waals surface area contributed by atoms with Crippen LogP contribution < -0.4 is 5.32 Å². The number of thioether (sulfide) groups is 1. The van der Waals surface area contributed by atoms with Crippen molar-refractivity contribution in [3.05, 3.63) is 74.8 Å². The second-order valence-electron chi connectivity index (χ2n) is 5.05. The van der Waals surface area contributed by atoms with Gasteiger partial charge in [-0.05, 0) is 29.8 Å². The zero-order valence-electron chi connectivity index (χ0n) is 13.1. The Balaban J connectivity index is 1.58.